The number of aryl methyl sites for hydroxylation is 1. The van der Waals surface area contributed by atoms with Gasteiger partial charge in [0.05, 0.1) is 52.4 Å². The van der Waals surface area contributed by atoms with Crippen LogP contribution in [0.15, 0.2) is 162 Å². The number of nitrogens with zero attached hydrogens (tertiary/aromatic N) is 9. The minimum atomic E-state index is -6.15. The third kappa shape index (κ3) is 19.5. The summed E-state index contributed by atoms with van der Waals surface area (Å²) in [5, 5.41) is 10.4. The number of phosphoric ester groups is 1. The average molecular weight is 1240 g/mol. The molecule has 2 fully saturated rings. The molecule has 0 spiro atoms. The first kappa shape index (κ1) is 62.4. The summed E-state index contributed by atoms with van der Waals surface area (Å²) in [6, 6.07) is 32.6. The van der Waals surface area contributed by atoms with Crippen molar-refractivity contribution in [2.45, 2.75) is 44.1 Å². The van der Waals surface area contributed by atoms with Gasteiger partial charge in [-0.1, -0.05) is 30.3 Å². The summed E-state index contributed by atoms with van der Waals surface area (Å²) < 4.78 is 51.2. The van der Waals surface area contributed by atoms with Crippen LogP contribution >= 0.6 is 23.5 Å². The first-order valence-corrected chi connectivity index (χ1v) is 28.4. The molecular formula is C50H50N10O16P3Ru. The molecule has 1 radical (unpaired) electrons. The van der Waals surface area contributed by atoms with Gasteiger partial charge in [0.1, 0.15) is 12.3 Å². The normalized spacial score (nSPS) is 18.2. The fourth-order valence-corrected chi connectivity index (χ4v) is 10.6. The Kier molecular flexibility index (Phi) is 23.1. The Bertz CT molecular complexity index is 3270. The van der Waals surface area contributed by atoms with E-state index in [-0.39, 0.29) is 50.5 Å². The van der Waals surface area contributed by atoms with Crippen molar-refractivity contribution in [3.05, 3.63) is 185 Å². The van der Waals surface area contributed by atoms with Crippen molar-refractivity contribution in [1.82, 2.24) is 49.3 Å². The van der Waals surface area contributed by atoms with E-state index in [2.05, 4.69) is 43.0 Å². The van der Waals surface area contributed by atoms with E-state index in [0.717, 1.165) is 62.6 Å². The molecule has 0 aliphatic carbocycles. The number of aromatic nitrogens is 8. The van der Waals surface area contributed by atoms with Crippen molar-refractivity contribution in [3.8, 4) is 34.2 Å². The van der Waals surface area contributed by atoms with Gasteiger partial charge in [-0.2, -0.15) is 0 Å². The minimum Gasteiger partial charge on any atom is -0.756 e. The number of aliphatic hydroxyl groups is 1. The van der Waals surface area contributed by atoms with Crippen LogP contribution in [-0.2, 0) is 67.1 Å². The summed E-state index contributed by atoms with van der Waals surface area (Å²) in [5.41, 5.74) is 4.17. The van der Waals surface area contributed by atoms with Crippen LogP contribution in [0.4, 0.5) is 0 Å². The van der Waals surface area contributed by atoms with Gasteiger partial charge in [0.2, 0.25) is 11.8 Å². The molecule has 0 bridgehead atoms. The molecule has 7 aromatic rings. The van der Waals surface area contributed by atoms with Crippen molar-refractivity contribution < 1.29 is 85.3 Å². The van der Waals surface area contributed by atoms with Gasteiger partial charge in [-0.15, -0.1) is 0 Å². The Labute approximate surface area is 469 Å². The molecule has 80 heavy (non-hydrogen) atoms. The van der Waals surface area contributed by atoms with Crippen LogP contribution in [0.25, 0.3) is 40.2 Å². The van der Waals surface area contributed by atoms with Gasteiger partial charge < -0.3 is 43.7 Å². The first-order valence-electron chi connectivity index (χ1n) is 24.0. The molecule has 6 atom stereocenters. The summed E-state index contributed by atoms with van der Waals surface area (Å²) >= 11 is 0. The van der Waals surface area contributed by atoms with Crippen LogP contribution in [0.3, 0.4) is 0 Å². The third-order valence-corrected chi connectivity index (χ3v) is 15.1. The van der Waals surface area contributed by atoms with Crippen LogP contribution in [0.5, 0.6) is 0 Å². The molecule has 3 unspecified atom stereocenters. The number of pyridine rings is 6. The maximum atomic E-state index is 12.9. The Morgan fingerprint density at radius 3 is 1.66 bits per heavy atom. The SMILES string of the molecule is O=C(/C=C/c1cn([C@@H]2C[C@@H](O)[C@H](COP(=O)([O-])OP(=O)([O-])OP(=O)([O-])O)O2)c(=O)[nH]c1=O)N1CCN(C(=O)CCCc2ccnc(-c3ccccn3)c2)CC1.[Ru+3].c1ccc(-c2ccccn2)nc1.c1ccc(-c2ccccn2)nc1. The molecule has 2 saturated heterocycles. The molecule has 7 aromatic heterocycles. The Morgan fingerprint density at radius 1 is 0.688 bits per heavy atom. The quantitative estimate of drug-likeness (QED) is 0.0670. The number of aliphatic hydroxyl groups excluding tert-OH is 1. The molecule has 9 rings (SSSR count). The Morgan fingerprint density at radius 2 is 1.18 bits per heavy atom. The van der Waals surface area contributed by atoms with Crippen molar-refractivity contribution in [1.29, 1.82) is 0 Å². The van der Waals surface area contributed by atoms with Crippen LogP contribution in [0.2, 0.25) is 0 Å². The van der Waals surface area contributed by atoms with Gasteiger partial charge in [0.25, 0.3) is 29.0 Å². The Hall–Kier alpha value is -6.79. The molecular weight excluding hydrogens is 1190 g/mol. The van der Waals surface area contributed by atoms with Gasteiger partial charge in [-0.25, -0.2) is 13.4 Å². The smallest absolute Gasteiger partial charge is 0.756 e. The van der Waals surface area contributed by atoms with Crippen molar-refractivity contribution in [2.24, 2.45) is 0 Å². The fourth-order valence-electron chi connectivity index (χ4n) is 7.71. The molecule has 26 nitrogen and oxygen atoms in total. The number of H-pyrrole nitrogens is 1. The number of piperazine rings is 1. The zero-order chi connectivity index (χ0) is 56.4. The standard InChI is InChI=1S/C30H37N6O16P3.2C10H8N2.Ru/c37-24-17-28(50-25(24)19-49-54(45,46)52-55(47,48)51-53(42,43)44)36-18-21(29(40)33-30(36)41)7-8-27(39)35-14-12-34(13-15-35)26(38)6-3-4-20-9-11-32-23(16-20)22-5-1-2-10-31-22;2*1-3-7-11-9(5-1)10-6-2-4-8-12-10;/h1-2,5,7-11,16,18,24-25,28,37H,3-4,6,12-15,17,19H2,(H,45,46)(H,47,48)(H,33,40,41)(H2,42,43,44);2*1-8H;/q;;;+3/p-3/b8-7+;;;/t24-,25+,28+;;;/m1.../s1. The van der Waals surface area contributed by atoms with E-state index in [1.165, 1.54) is 4.90 Å². The predicted octanol–water partition coefficient (Wildman–Crippen LogP) is 3.08. The third-order valence-electron chi connectivity index (χ3n) is 11.5. The number of rotatable bonds is 17. The van der Waals surface area contributed by atoms with Gasteiger partial charge in [-0.3, -0.25) is 67.5 Å². The fraction of sp³-hybridized carbons (Fsp3) is 0.240. The van der Waals surface area contributed by atoms with E-state index in [1.807, 2.05) is 108 Å². The number of hydrogen-bond donors (Lipinski definition) is 3. The number of phosphoric acid groups is 3. The maximum Gasteiger partial charge on any atom is 3.00 e. The number of ether oxygens (including phenoxy) is 1. The largest absolute Gasteiger partial charge is 3.00 e. The van der Waals surface area contributed by atoms with E-state index in [1.54, 1.807) is 42.1 Å². The number of carbonyl (C=O) groups excluding carboxylic acids is 2. The molecule has 419 valence electrons. The summed E-state index contributed by atoms with van der Waals surface area (Å²) in [7, 11) is -18.0. The number of amides is 2. The number of aromatic amines is 1. The molecule has 0 saturated carbocycles. The average Bonchev–Trinajstić information content (AvgIpc) is 3.82. The van der Waals surface area contributed by atoms with Crippen LogP contribution in [0, 0.1) is 0 Å². The number of nitrogens with one attached hydrogen (secondary N) is 1. The molecule has 30 heteroatoms. The number of carbonyl (C=O) groups is 2. The molecule has 9 heterocycles. The van der Waals surface area contributed by atoms with Gasteiger partial charge in [0, 0.05) is 88.5 Å². The van der Waals surface area contributed by atoms with Gasteiger partial charge in [0.15, 0.2) is 0 Å². The van der Waals surface area contributed by atoms with Gasteiger partial charge >= 0.3 is 25.2 Å². The molecule has 2 amide bonds. The monoisotopic (exact) mass is 1240 g/mol. The summed E-state index contributed by atoms with van der Waals surface area (Å²) in [6.07, 6.45) is 10.7. The summed E-state index contributed by atoms with van der Waals surface area (Å²) in [4.78, 5) is 124. The molecule has 3 N–H and O–H groups in total. The number of hydrogen-bond acceptors (Lipinski definition) is 21. The Balaban J connectivity index is 0.000000333. The zero-order valence-corrected chi connectivity index (χ0v) is 46.4. The molecule has 2 aliphatic rings. The first-order chi connectivity index (χ1) is 37.8. The molecule has 0 aromatic carbocycles. The molecule has 2 aliphatic heterocycles. The van der Waals surface area contributed by atoms with Crippen molar-refractivity contribution >= 4 is 41.4 Å². The second-order valence-corrected chi connectivity index (χ2v) is 21.3. The second-order valence-electron chi connectivity index (χ2n) is 17.0. The van der Waals surface area contributed by atoms with E-state index in [4.69, 9.17) is 9.63 Å². The van der Waals surface area contributed by atoms with E-state index < -0.39 is 65.7 Å². The summed E-state index contributed by atoms with van der Waals surface area (Å²) in [5.74, 6) is -0.512. The van der Waals surface area contributed by atoms with Crippen LogP contribution < -0.4 is 25.9 Å². The van der Waals surface area contributed by atoms with Crippen LogP contribution in [0.1, 0.15) is 36.6 Å². The van der Waals surface area contributed by atoms with E-state index in [9.17, 15) is 52.7 Å². The van der Waals surface area contributed by atoms with Crippen molar-refractivity contribution in [2.75, 3.05) is 32.8 Å². The van der Waals surface area contributed by atoms with Crippen LogP contribution in [-0.4, -0.2) is 116 Å². The summed E-state index contributed by atoms with van der Waals surface area (Å²) in [6.45, 7) is 0.00323. The van der Waals surface area contributed by atoms with Crippen molar-refractivity contribution in [3.63, 3.8) is 0 Å². The van der Waals surface area contributed by atoms with E-state index in [0.29, 0.717) is 32.4 Å². The van der Waals surface area contributed by atoms with E-state index >= 15 is 0 Å². The predicted molar refractivity (Wildman–Crippen MR) is 277 cm³/mol. The second kappa shape index (κ2) is 29.6. The maximum absolute atomic E-state index is 12.9. The topological polar surface area (TPSA) is 371 Å². The van der Waals surface area contributed by atoms with Gasteiger partial charge in [-0.05, 0) is 97.3 Å². The minimum absolute atomic E-state index is 0. The zero-order valence-electron chi connectivity index (χ0n) is 41.9.